The third-order valence-electron chi connectivity index (χ3n) is 5.11. The van der Waals surface area contributed by atoms with Gasteiger partial charge in [-0.3, -0.25) is 9.59 Å². The van der Waals surface area contributed by atoms with Gasteiger partial charge >= 0.3 is 0 Å². The molecular formula is C19H19F5N4O4S. The third kappa shape index (κ3) is 5.00. The normalized spacial score (nSPS) is 18.3. The van der Waals surface area contributed by atoms with E-state index >= 15 is 0 Å². The zero-order valence-electron chi connectivity index (χ0n) is 17.3. The minimum absolute atomic E-state index is 0.128. The number of rotatable bonds is 5. The van der Waals surface area contributed by atoms with Crippen molar-refractivity contribution in [2.24, 2.45) is 7.05 Å². The second kappa shape index (κ2) is 8.74. The quantitative estimate of drug-likeness (QED) is 0.623. The Morgan fingerprint density at radius 1 is 1.15 bits per heavy atom. The first-order valence-electron chi connectivity index (χ1n) is 9.50. The Balaban J connectivity index is 1.83. The molecule has 2 aromatic rings. The van der Waals surface area contributed by atoms with Gasteiger partial charge in [-0.25, -0.2) is 35.1 Å². The van der Waals surface area contributed by atoms with Gasteiger partial charge in [0.15, 0.2) is 17.5 Å². The number of alkyl halides is 2. The highest BCUT2D eigenvalue weighted by atomic mass is 32.2. The molecule has 1 aromatic carbocycles. The highest BCUT2D eigenvalue weighted by molar-refractivity contribution is 7.89. The summed E-state index contributed by atoms with van der Waals surface area (Å²) in [5, 5.41) is 2.10. The number of aromatic nitrogens is 1. The fourth-order valence-electron chi connectivity index (χ4n) is 3.38. The minimum atomic E-state index is -4.84. The van der Waals surface area contributed by atoms with E-state index in [1.54, 1.807) is 4.72 Å². The van der Waals surface area contributed by atoms with Gasteiger partial charge in [0.1, 0.15) is 10.6 Å². The molecule has 2 heterocycles. The molecule has 0 bridgehead atoms. The summed E-state index contributed by atoms with van der Waals surface area (Å²) in [7, 11) is -3.70. The largest absolute Gasteiger partial charge is 0.343 e. The Bertz CT molecular complexity index is 1220. The molecule has 0 aliphatic carbocycles. The van der Waals surface area contributed by atoms with Crippen LogP contribution in [0.15, 0.2) is 29.3 Å². The van der Waals surface area contributed by atoms with Crippen molar-refractivity contribution in [2.45, 2.75) is 30.2 Å². The molecule has 2 N–H and O–H groups in total. The van der Waals surface area contributed by atoms with Gasteiger partial charge in [0.2, 0.25) is 15.9 Å². The number of carbonyl (C=O) groups excluding carboxylic acids is 2. The van der Waals surface area contributed by atoms with Crippen LogP contribution in [-0.2, 0) is 21.9 Å². The zero-order chi connectivity index (χ0) is 24.7. The van der Waals surface area contributed by atoms with E-state index in [1.165, 1.54) is 0 Å². The van der Waals surface area contributed by atoms with Gasteiger partial charge in [-0.05, 0) is 18.6 Å². The van der Waals surface area contributed by atoms with Crippen LogP contribution in [0.25, 0.3) is 0 Å². The van der Waals surface area contributed by atoms with Crippen LogP contribution in [0.4, 0.5) is 27.6 Å². The Morgan fingerprint density at radius 2 is 1.82 bits per heavy atom. The van der Waals surface area contributed by atoms with E-state index < -0.39 is 74.8 Å². The lowest BCUT2D eigenvalue weighted by atomic mass is 10.0. The molecular weight excluding hydrogens is 475 g/mol. The molecule has 0 saturated carbocycles. The van der Waals surface area contributed by atoms with E-state index in [-0.39, 0.29) is 12.2 Å². The summed E-state index contributed by atoms with van der Waals surface area (Å²) in [4.78, 5) is 23.6. The fraction of sp³-hybridized carbons (Fsp3) is 0.368. The molecule has 1 unspecified atom stereocenters. The number of nitrogens with zero attached hydrogens (tertiary/aromatic N) is 2. The molecule has 1 fully saturated rings. The van der Waals surface area contributed by atoms with Crippen molar-refractivity contribution in [1.29, 1.82) is 0 Å². The molecule has 14 heteroatoms. The number of hydrogen-bond donors (Lipinski definition) is 2. The van der Waals surface area contributed by atoms with Crippen LogP contribution in [0.1, 0.15) is 23.8 Å². The Hall–Kier alpha value is -3.00. The molecule has 1 aliphatic heterocycles. The van der Waals surface area contributed by atoms with Crippen LogP contribution >= 0.6 is 0 Å². The van der Waals surface area contributed by atoms with Gasteiger partial charge in [0.25, 0.3) is 11.8 Å². The molecule has 1 aliphatic rings. The maximum atomic E-state index is 14.9. The maximum Gasteiger partial charge on any atom is 0.281 e. The molecule has 8 nitrogen and oxygen atoms in total. The van der Waals surface area contributed by atoms with Gasteiger partial charge in [-0.2, -0.15) is 0 Å². The molecule has 0 radical (unpaired) electrons. The highest BCUT2D eigenvalue weighted by Gasteiger charge is 2.47. The number of anilines is 1. The van der Waals surface area contributed by atoms with Crippen molar-refractivity contribution in [3.63, 3.8) is 0 Å². The van der Waals surface area contributed by atoms with E-state index in [1.807, 2.05) is 0 Å². The lowest BCUT2D eigenvalue weighted by molar-refractivity contribution is -0.142. The summed E-state index contributed by atoms with van der Waals surface area (Å²) < 4.78 is 98.0. The first-order chi connectivity index (χ1) is 15.2. The lowest BCUT2D eigenvalue weighted by Crippen LogP contribution is -2.59. The summed E-state index contributed by atoms with van der Waals surface area (Å²) in [6.07, 6.45) is 0.310. The van der Waals surface area contributed by atoms with Crippen LogP contribution in [0.3, 0.4) is 0 Å². The van der Waals surface area contributed by atoms with Crippen molar-refractivity contribution in [1.82, 2.24) is 14.2 Å². The van der Waals surface area contributed by atoms with E-state index in [0.29, 0.717) is 6.07 Å². The van der Waals surface area contributed by atoms with Crippen LogP contribution in [-0.4, -0.2) is 54.8 Å². The first kappa shape index (κ1) is 24.6. The van der Waals surface area contributed by atoms with E-state index in [2.05, 4.69) is 5.32 Å². The van der Waals surface area contributed by atoms with Crippen molar-refractivity contribution >= 4 is 27.5 Å². The number of halogens is 5. The minimum Gasteiger partial charge on any atom is -0.343 e. The summed E-state index contributed by atoms with van der Waals surface area (Å²) in [6.45, 7) is -0.0290. The number of amides is 2. The number of likely N-dealkylation sites (tertiary alicyclic amines) is 1. The van der Waals surface area contributed by atoms with Gasteiger partial charge in [-0.15, -0.1) is 0 Å². The number of benzene rings is 1. The highest BCUT2D eigenvalue weighted by Crippen LogP contribution is 2.30. The van der Waals surface area contributed by atoms with Crippen molar-refractivity contribution in [3.8, 4) is 0 Å². The van der Waals surface area contributed by atoms with E-state index in [0.717, 1.165) is 41.8 Å². The number of carbonyl (C=O) groups is 2. The second-order valence-electron chi connectivity index (χ2n) is 7.51. The summed E-state index contributed by atoms with van der Waals surface area (Å²) in [6, 6.07) is 0.468. The summed E-state index contributed by atoms with van der Waals surface area (Å²) in [5.41, 5.74) is -1.00. The average molecular weight is 494 g/mol. The number of hydrogen-bond acceptors (Lipinski definition) is 4. The van der Waals surface area contributed by atoms with Crippen molar-refractivity contribution in [2.75, 3.05) is 18.4 Å². The first-order valence-corrected chi connectivity index (χ1v) is 11.0. The Morgan fingerprint density at radius 3 is 2.39 bits per heavy atom. The molecule has 0 spiro atoms. The predicted octanol–water partition coefficient (Wildman–Crippen LogP) is 2.23. The fourth-order valence-corrected chi connectivity index (χ4v) is 4.81. The summed E-state index contributed by atoms with van der Waals surface area (Å²) in [5.74, 6) is -9.36. The lowest BCUT2D eigenvalue weighted by Gasteiger charge is -2.37. The van der Waals surface area contributed by atoms with Crippen LogP contribution < -0.4 is 10.0 Å². The monoisotopic (exact) mass is 494 g/mol. The van der Waals surface area contributed by atoms with E-state index in [9.17, 15) is 40.0 Å². The molecule has 180 valence electrons. The number of aryl methyl sites for hydroxylation is 1. The Labute approximate surface area is 185 Å². The average Bonchev–Trinajstić information content (AvgIpc) is 3.01. The van der Waals surface area contributed by atoms with Crippen molar-refractivity contribution < 1.29 is 40.0 Å². The molecule has 1 aromatic heterocycles. The van der Waals surface area contributed by atoms with Gasteiger partial charge in [0.05, 0.1) is 12.6 Å². The number of nitrogens with one attached hydrogen (secondary N) is 2. The molecule has 1 atom stereocenters. The molecule has 3 rings (SSSR count). The molecule has 1 saturated heterocycles. The SMILES string of the molecule is CC(=O)N1CCC(NS(=O)(=O)c2cn(C)c(C(=O)Nc3ccc(F)c(F)c3)c2F)C(F)(F)C1. The number of piperidine rings is 1. The van der Waals surface area contributed by atoms with Gasteiger partial charge in [0, 0.05) is 38.5 Å². The van der Waals surface area contributed by atoms with Gasteiger partial charge in [-0.1, -0.05) is 0 Å². The van der Waals surface area contributed by atoms with Gasteiger partial charge < -0.3 is 14.8 Å². The number of sulfonamides is 1. The summed E-state index contributed by atoms with van der Waals surface area (Å²) >= 11 is 0. The standard InChI is InChI=1S/C19H19F5N4O4S/c1-10(29)28-6-5-15(19(23,24)9-28)26-33(31,32)14-8-27(2)17(16(14)22)18(30)25-11-3-4-12(20)13(21)7-11/h3-4,7-8,15,26H,5-6,9H2,1-2H3,(H,25,30). The van der Waals surface area contributed by atoms with Crippen LogP contribution in [0.2, 0.25) is 0 Å². The smallest absolute Gasteiger partial charge is 0.281 e. The second-order valence-corrected chi connectivity index (χ2v) is 9.20. The molecule has 33 heavy (non-hydrogen) atoms. The van der Waals surface area contributed by atoms with Crippen LogP contribution in [0.5, 0.6) is 0 Å². The van der Waals surface area contributed by atoms with Crippen molar-refractivity contribution in [3.05, 3.63) is 47.5 Å². The predicted molar refractivity (Wildman–Crippen MR) is 106 cm³/mol. The van der Waals surface area contributed by atoms with E-state index in [4.69, 9.17) is 0 Å². The molecule has 2 amide bonds. The Kier molecular flexibility index (Phi) is 6.53. The maximum absolute atomic E-state index is 14.9. The topological polar surface area (TPSA) is 101 Å². The zero-order valence-corrected chi connectivity index (χ0v) is 18.2. The third-order valence-corrected chi connectivity index (χ3v) is 6.57. The van der Waals surface area contributed by atoms with Crippen LogP contribution in [0, 0.1) is 17.5 Å².